The van der Waals surface area contributed by atoms with Crippen molar-refractivity contribution in [3.8, 4) is 5.88 Å². The molecule has 1 unspecified atom stereocenters. The van der Waals surface area contributed by atoms with Gasteiger partial charge in [-0.25, -0.2) is 9.78 Å². The topological polar surface area (TPSA) is 97.3 Å². The number of H-pyrrole nitrogens is 1. The van der Waals surface area contributed by atoms with E-state index >= 15 is 0 Å². The molecule has 3 rings (SSSR count). The second kappa shape index (κ2) is 7.64. The highest BCUT2D eigenvalue weighted by atomic mass is 79.9. The molecule has 3 heterocycles. The summed E-state index contributed by atoms with van der Waals surface area (Å²) in [5.74, 6) is 0.464. The van der Waals surface area contributed by atoms with E-state index in [9.17, 15) is 14.4 Å². The molecule has 25 heavy (non-hydrogen) atoms. The van der Waals surface area contributed by atoms with Crippen LogP contribution in [0.5, 0.6) is 5.88 Å². The molecule has 8 nitrogen and oxygen atoms in total. The van der Waals surface area contributed by atoms with Gasteiger partial charge in [-0.3, -0.25) is 14.6 Å². The maximum Gasteiger partial charge on any atom is 0.328 e. The number of aryl methyl sites for hydroxylation is 1. The van der Waals surface area contributed by atoms with Crippen LogP contribution in [0, 0.1) is 0 Å². The van der Waals surface area contributed by atoms with Gasteiger partial charge in [0.05, 0.1) is 11.0 Å². The summed E-state index contributed by atoms with van der Waals surface area (Å²) >= 11 is 3.38. The first-order valence-corrected chi connectivity index (χ1v) is 8.67. The molecule has 0 radical (unpaired) electrons. The van der Waals surface area contributed by atoms with E-state index in [4.69, 9.17) is 4.74 Å². The molecule has 132 valence electrons. The molecule has 1 aliphatic rings. The molecular formula is C16H17BrN4O4. The Morgan fingerprint density at radius 1 is 1.40 bits per heavy atom. The summed E-state index contributed by atoms with van der Waals surface area (Å²) in [6, 6.07) is 4.92. The van der Waals surface area contributed by atoms with Gasteiger partial charge in [-0.15, -0.1) is 0 Å². The zero-order chi connectivity index (χ0) is 17.8. The number of halogens is 1. The molecule has 2 aromatic rings. The van der Waals surface area contributed by atoms with Crippen LogP contribution in [-0.4, -0.2) is 44.5 Å². The van der Waals surface area contributed by atoms with Gasteiger partial charge >= 0.3 is 5.69 Å². The Balaban J connectivity index is 1.53. The van der Waals surface area contributed by atoms with Gasteiger partial charge in [0.15, 0.2) is 0 Å². The fourth-order valence-electron chi connectivity index (χ4n) is 2.66. The molecule has 0 aliphatic carbocycles. The molecule has 9 heteroatoms. The predicted octanol–water partition coefficient (Wildman–Crippen LogP) is 0.764. The molecule has 0 spiro atoms. The van der Waals surface area contributed by atoms with Crippen LogP contribution in [0.25, 0.3) is 0 Å². The third-order valence-electron chi connectivity index (χ3n) is 3.96. The van der Waals surface area contributed by atoms with Gasteiger partial charge in [0.2, 0.25) is 11.8 Å². The minimum atomic E-state index is -0.511. The number of nitrogens with one attached hydrogen (secondary N) is 1. The van der Waals surface area contributed by atoms with Gasteiger partial charge in [0.25, 0.3) is 5.56 Å². The Morgan fingerprint density at radius 3 is 3.00 bits per heavy atom. The van der Waals surface area contributed by atoms with E-state index in [1.54, 1.807) is 17.2 Å². The standard InChI is InChI=1S/C16H17BrN4O4/c17-12-2-1-6-18-15(12)25-11-3-7-21(10-11)14(23)5-9-20-8-4-13(22)19-16(20)24/h1-2,4,6,8,11H,3,5,7,9-10H2,(H,19,22,24). The van der Waals surface area contributed by atoms with Gasteiger partial charge in [-0.2, -0.15) is 0 Å². The number of pyridine rings is 1. The number of hydrogen-bond donors (Lipinski definition) is 1. The Morgan fingerprint density at radius 2 is 2.24 bits per heavy atom. The summed E-state index contributed by atoms with van der Waals surface area (Å²) < 4.78 is 7.92. The summed E-state index contributed by atoms with van der Waals surface area (Å²) in [6.07, 6.45) is 3.85. The van der Waals surface area contributed by atoms with Crippen LogP contribution in [-0.2, 0) is 11.3 Å². The second-order valence-electron chi connectivity index (χ2n) is 5.71. The van der Waals surface area contributed by atoms with E-state index < -0.39 is 11.2 Å². The molecule has 0 aromatic carbocycles. The summed E-state index contributed by atoms with van der Waals surface area (Å²) in [4.78, 5) is 43.0. The second-order valence-corrected chi connectivity index (χ2v) is 6.57. The number of likely N-dealkylation sites (tertiary alicyclic amines) is 1. The number of rotatable bonds is 5. The average molecular weight is 409 g/mol. The zero-order valence-corrected chi connectivity index (χ0v) is 14.9. The molecule has 1 atom stereocenters. The van der Waals surface area contributed by atoms with Crippen LogP contribution >= 0.6 is 15.9 Å². The van der Waals surface area contributed by atoms with Crippen LogP contribution in [0.2, 0.25) is 0 Å². The first-order chi connectivity index (χ1) is 12.0. The fraction of sp³-hybridized carbons (Fsp3) is 0.375. The van der Waals surface area contributed by atoms with Gasteiger partial charge in [-0.1, -0.05) is 0 Å². The first-order valence-electron chi connectivity index (χ1n) is 7.87. The minimum absolute atomic E-state index is 0.0516. The molecule has 1 fully saturated rings. The lowest BCUT2D eigenvalue weighted by molar-refractivity contribution is -0.130. The number of aromatic nitrogens is 3. The first kappa shape index (κ1) is 17.4. The van der Waals surface area contributed by atoms with Crippen molar-refractivity contribution in [1.82, 2.24) is 19.4 Å². The number of carbonyl (C=O) groups excluding carboxylic acids is 1. The number of hydrogen-bond acceptors (Lipinski definition) is 5. The highest BCUT2D eigenvalue weighted by molar-refractivity contribution is 9.10. The molecule has 1 saturated heterocycles. The quantitative estimate of drug-likeness (QED) is 0.787. The predicted molar refractivity (Wildman–Crippen MR) is 93.5 cm³/mol. The van der Waals surface area contributed by atoms with Crippen molar-refractivity contribution in [2.24, 2.45) is 0 Å². The van der Waals surface area contributed by atoms with Crippen LogP contribution in [0.4, 0.5) is 0 Å². The number of aromatic amines is 1. The molecule has 0 saturated carbocycles. The van der Waals surface area contributed by atoms with Crippen molar-refractivity contribution >= 4 is 21.8 Å². The molecule has 2 aromatic heterocycles. The Labute approximate surface area is 151 Å². The van der Waals surface area contributed by atoms with Gasteiger partial charge in [0.1, 0.15) is 6.10 Å². The minimum Gasteiger partial charge on any atom is -0.472 e. The van der Waals surface area contributed by atoms with E-state index in [-0.39, 0.29) is 25.0 Å². The number of amides is 1. The van der Waals surface area contributed by atoms with Crippen LogP contribution in [0.1, 0.15) is 12.8 Å². The Bertz CT molecular complexity index is 879. The van der Waals surface area contributed by atoms with Crippen LogP contribution in [0.3, 0.4) is 0 Å². The summed E-state index contributed by atoms with van der Waals surface area (Å²) in [6.45, 7) is 1.32. The maximum absolute atomic E-state index is 12.3. The van der Waals surface area contributed by atoms with Crippen LogP contribution in [0.15, 0.2) is 44.7 Å². The summed E-state index contributed by atoms with van der Waals surface area (Å²) in [5.41, 5.74) is -0.962. The molecule has 0 bridgehead atoms. The SMILES string of the molecule is O=C(CCn1ccc(=O)[nH]c1=O)N1CCC(Oc2ncccc2Br)C1. The Kier molecular flexibility index (Phi) is 5.32. The lowest BCUT2D eigenvalue weighted by Gasteiger charge is -2.17. The summed E-state index contributed by atoms with van der Waals surface area (Å²) in [5, 5.41) is 0. The van der Waals surface area contributed by atoms with Gasteiger partial charge in [-0.05, 0) is 28.1 Å². The van der Waals surface area contributed by atoms with E-state index in [2.05, 4.69) is 25.9 Å². The third-order valence-corrected chi connectivity index (χ3v) is 4.57. The largest absolute Gasteiger partial charge is 0.472 e. The normalized spacial score (nSPS) is 16.8. The average Bonchev–Trinajstić information content (AvgIpc) is 3.05. The fourth-order valence-corrected chi connectivity index (χ4v) is 3.01. The van der Waals surface area contributed by atoms with Crippen LogP contribution < -0.4 is 16.0 Å². The van der Waals surface area contributed by atoms with Gasteiger partial charge in [0, 0.05) is 44.4 Å². The number of ether oxygens (including phenoxy) is 1. The molecule has 1 aliphatic heterocycles. The lowest BCUT2D eigenvalue weighted by atomic mass is 10.3. The van der Waals surface area contributed by atoms with E-state index in [0.717, 1.165) is 10.9 Å². The van der Waals surface area contributed by atoms with E-state index in [1.807, 2.05) is 6.07 Å². The third kappa shape index (κ3) is 4.36. The van der Waals surface area contributed by atoms with E-state index in [0.29, 0.717) is 19.0 Å². The smallest absolute Gasteiger partial charge is 0.328 e. The molecule has 1 amide bonds. The number of carbonyl (C=O) groups is 1. The highest BCUT2D eigenvalue weighted by Crippen LogP contribution is 2.24. The van der Waals surface area contributed by atoms with Crippen molar-refractivity contribution in [2.45, 2.75) is 25.5 Å². The van der Waals surface area contributed by atoms with Crippen molar-refractivity contribution < 1.29 is 9.53 Å². The highest BCUT2D eigenvalue weighted by Gasteiger charge is 2.28. The number of nitrogens with zero attached hydrogens (tertiary/aromatic N) is 3. The van der Waals surface area contributed by atoms with Crippen molar-refractivity contribution in [1.29, 1.82) is 0 Å². The Hall–Kier alpha value is -2.42. The lowest BCUT2D eigenvalue weighted by Crippen LogP contribution is -2.34. The monoisotopic (exact) mass is 408 g/mol. The van der Waals surface area contributed by atoms with E-state index in [1.165, 1.54) is 16.8 Å². The van der Waals surface area contributed by atoms with Crippen molar-refractivity contribution in [2.75, 3.05) is 13.1 Å². The van der Waals surface area contributed by atoms with Crippen molar-refractivity contribution in [3.63, 3.8) is 0 Å². The zero-order valence-electron chi connectivity index (χ0n) is 13.4. The van der Waals surface area contributed by atoms with Crippen molar-refractivity contribution in [3.05, 3.63) is 55.9 Å². The maximum atomic E-state index is 12.3. The molecule has 1 N–H and O–H groups in total. The molecular weight excluding hydrogens is 392 g/mol. The summed E-state index contributed by atoms with van der Waals surface area (Å²) in [7, 11) is 0. The van der Waals surface area contributed by atoms with Gasteiger partial charge < -0.3 is 14.2 Å².